The maximum Gasteiger partial charge on any atom is 0.263 e. The van der Waals surface area contributed by atoms with E-state index in [2.05, 4.69) is 10.2 Å². The molecule has 6 nitrogen and oxygen atoms in total. The molecular formula is C22H23N3O3. The highest BCUT2D eigenvalue weighted by molar-refractivity contribution is 5.81. The summed E-state index contributed by atoms with van der Waals surface area (Å²) >= 11 is 0. The summed E-state index contributed by atoms with van der Waals surface area (Å²) in [5, 5.41) is 8.34. The van der Waals surface area contributed by atoms with Crippen molar-refractivity contribution in [1.29, 1.82) is 0 Å². The van der Waals surface area contributed by atoms with E-state index in [-0.39, 0.29) is 5.91 Å². The van der Waals surface area contributed by atoms with Gasteiger partial charge in [0.2, 0.25) is 5.89 Å². The van der Waals surface area contributed by atoms with Gasteiger partial charge < -0.3 is 14.1 Å². The first-order valence-corrected chi connectivity index (χ1v) is 9.70. The van der Waals surface area contributed by atoms with Crippen LogP contribution in [-0.2, 0) is 4.79 Å². The van der Waals surface area contributed by atoms with Crippen molar-refractivity contribution >= 4 is 5.91 Å². The van der Waals surface area contributed by atoms with E-state index in [0.29, 0.717) is 29.5 Å². The smallest absolute Gasteiger partial charge is 0.263 e. The van der Waals surface area contributed by atoms with Crippen molar-refractivity contribution in [3.8, 4) is 28.7 Å². The van der Waals surface area contributed by atoms with Crippen LogP contribution in [0, 0.1) is 0 Å². The Morgan fingerprint density at radius 3 is 2.46 bits per heavy atom. The molecule has 0 saturated carbocycles. The molecule has 1 saturated heterocycles. The molecule has 0 unspecified atom stereocenters. The third-order valence-electron chi connectivity index (χ3n) is 4.90. The Kier molecular flexibility index (Phi) is 5.37. The van der Waals surface area contributed by atoms with E-state index in [9.17, 15) is 4.79 Å². The first-order chi connectivity index (χ1) is 13.8. The zero-order valence-electron chi connectivity index (χ0n) is 15.9. The number of para-hydroxylation sites is 1. The molecule has 28 heavy (non-hydrogen) atoms. The van der Waals surface area contributed by atoms with Crippen LogP contribution >= 0.6 is 0 Å². The van der Waals surface area contributed by atoms with Crippen LogP contribution in [0.2, 0.25) is 0 Å². The van der Waals surface area contributed by atoms with Crippen molar-refractivity contribution < 1.29 is 13.9 Å². The van der Waals surface area contributed by atoms with Gasteiger partial charge in [-0.25, -0.2) is 0 Å². The number of carbonyl (C=O) groups is 1. The summed E-state index contributed by atoms with van der Waals surface area (Å²) in [6, 6.07) is 17.1. The van der Waals surface area contributed by atoms with Gasteiger partial charge in [-0.15, -0.1) is 10.2 Å². The van der Waals surface area contributed by atoms with Crippen LogP contribution in [0.4, 0.5) is 0 Å². The number of ether oxygens (including phenoxy) is 1. The van der Waals surface area contributed by atoms with Crippen molar-refractivity contribution in [1.82, 2.24) is 15.1 Å². The highest BCUT2D eigenvalue weighted by Gasteiger charge is 2.28. The lowest BCUT2D eigenvalue weighted by molar-refractivity contribution is -0.137. The topological polar surface area (TPSA) is 68.5 Å². The standard InChI is InChI=1S/C22H23N3O3/c1-2-18(22(26)25-14-8-9-15-25)27-19-13-7-6-12-17(19)21-24-23-20(28-21)16-10-4-3-5-11-16/h3-7,10-13,18H,2,8-9,14-15H2,1H3/t18-/m0/s1. The monoisotopic (exact) mass is 377 g/mol. The van der Waals surface area contributed by atoms with E-state index in [1.165, 1.54) is 0 Å². The first kappa shape index (κ1) is 18.2. The maximum absolute atomic E-state index is 12.8. The molecule has 1 aliphatic rings. The Morgan fingerprint density at radius 2 is 1.71 bits per heavy atom. The number of aromatic nitrogens is 2. The summed E-state index contributed by atoms with van der Waals surface area (Å²) in [7, 11) is 0. The second-order valence-corrected chi connectivity index (χ2v) is 6.82. The third-order valence-corrected chi connectivity index (χ3v) is 4.90. The lowest BCUT2D eigenvalue weighted by Crippen LogP contribution is -2.40. The minimum atomic E-state index is -0.518. The molecule has 4 rings (SSSR count). The highest BCUT2D eigenvalue weighted by atomic mass is 16.5. The lowest BCUT2D eigenvalue weighted by atomic mass is 10.2. The summed E-state index contributed by atoms with van der Waals surface area (Å²) < 4.78 is 12.0. The Labute approximate surface area is 164 Å². The molecule has 1 amide bonds. The normalized spacial score (nSPS) is 14.8. The molecular weight excluding hydrogens is 354 g/mol. The van der Waals surface area contributed by atoms with Crippen molar-refractivity contribution in [2.45, 2.75) is 32.3 Å². The molecule has 0 N–H and O–H groups in total. The van der Waals surface area contributed by atoms with Crippen LogP contribution in [0.3, 0.4) is 0 Å². The van der Waals surface area contributed by atoms with Crippen LogP contribution in [0.25, 0.3) is 22.9 Å². The van der Waals surface area contributed by atoms with Gasteiger partial charge >= 0.3 is 0 Å². The summed E-state index contributed by atoms with van der Waals surface area (Å²) in [5.74, 6) is 1.44. The number of benzene rings is 2. The molecule has 2 heterocycles. The third kappa shape index (κ3) is 3.76. The molecule has 0 aliphatic carbocycles. The SMILES string of the molecule is CC[C@H](Oc1ccccc1-c1nnc(-c2ccccc2)o1)C(=O)N1CCCC1. The Bertz CT molecular complexity index is 933. The summed E-state index contributed by atoms with van der Waals surface area (Å²) in [5.41, 5.74) is 1.54. The fourth-order valence-corrected chi connectivity index (χ4v) is 3.38. The number of carbonyl (C=O) groups excluding carboxylic acids is 1. The van der Waals surface area contributed by atoms with Gasteiger partial charge in [-0.05, 0) is 43.5 Å². The highest BCUT2D eigenvalue weighted by Crippen LogP contribution is 2.32. The van der Waals surface area contributed by atoms with Crippen LogP contribution in [-0.4, -0.2) is 40.2 Å². The molecule has 1 fully saturated rings. The van der Waals surface area contributed by atoms with Crippen molar-refractivity contribution in [3.63, 3.8) is 0 Å². The average molecular weight is 377 g/mol. The van der Waals surface area contributed by atoms with E-state index in [0.717, 1.165) is 31.5 Å². The van der Waals surface area contributed by atoms with E-state index in [1.54, 1.807) is 0 Å². The minimum absolute atomic E-state index is 0.0466. The van der Waals surface area contributed by atoms with E-state index in [1.807, 2.05) is 66.4 Å². The van der Waals surface area contributed by atoms with Crippen LogP contribution in [0.15, 0.2) is 59.0 Å². The second kappa shape index (κ2) is 8.25. The predicted octanol–water partition coefficient (Wildman–Crippen LogP) is 4.18. The van der Waals surface area contributed by atoms with Crippen LogP contribution in [0.1, 0.15) is 26.2 Å². The van der Waals surface area contributed by atoms with Gasteiger partial charge in [-0.2, -0.15) is 0 Å². The van der Waals surface area contributed by atoms with E-state index >= 15 is 0 Å². The Balaban J connectivity index is 1.58. The first-order valence-electron chi connectivity index (χ1n) is 9.70. The predicted molar refractivity (Wildman–Crippen MR) is 106 cm³/mol. The zero-order valence-corrected chi connectivity index (χ0v) is 15.9. The average Bonchev–Trinajstić information content (AvgIpc) is 3.45. The fraction of sp³-hybridized carbons (Fsp3) is 0.318. The Morgan fingerprint density at radius 1 is 1.04 bits per heavy atom. The number of rotatable bonds is 6. The molecule has 1 aliphatic heterocycles. The summed E-state index contributed by atoms with van der Waals surface area (Å²) in [6.07, 6.45) is 2.20. The van der Waals surface area contributed by atoms with Crippen molar-refractivity contribution in [2.75, 3.05) is 13.1 Å². The van der Waals surface area contributed by atoms with Gasteiger partial charge in [0.15, 0.2) is 6.10 Å². The maximum atomic E-state index is 12.8. The fourth-order valence-electron chi connectivity index (χ4n) is 3.38. The molecule has 2 aromatic carbocycles. The molecule has 3 aromatic rings. The van der Waals surface area contributed by atoms with Crippen molar-refractivity contribution in [3.05, 3.63) is 54.6 Å². The largest absolute Gasteiger partial charge is 0.480 e. The van der Waals surface area contributed by atoms with Crippen molar-refractivity contribution in [2.24, 2.45) is 0 Å². The molecule has 0 radical (unpaired) electrons. The van der Waals surface area contributed by atoms with Gasteiger partial charge in [0.1, 0.15) is 5.75 Å². The molecule has 0 bridgehead atoms. The quantitative estimate of drug-likeness (QED) is 0.644. The molecule has 1 atom stereocenters. The van der Waals surface area contributed by atoms with Crippen LogP contribution in [0.5, 0.6) is 5.75 Å². The molecule has 144 valence electrons. The van der Waals surface area contributed by atoms with E-state index < -0.39 is 6.10 Å². The number of amides is 1. The Hall–Kier alpha value is -3.15. The number of likely N-dealkylation sites (tertiary alicyclic amines) is 1. The van der Waals surface area contributed by atoms with Gasteiger partial charge in [0.05, 0.1) is 5.56 Å². The molecule has 1 aromatic heterocycles. The van der Waals surface area contributed by atoms with Gasteiger partial charge in [-0.1, -0.05) is 37.3 Å². The lowest BCUT2D eigenvalue weighted by Gasteiger charge is -2.23. The molecule has 6 heteroatoms. The second-order valence-electron chi connectivity index (χ2n) is 6.82. The van der Waals surface area contributed by atoms with E-state index in [4.69, 9.17) is 9.15 Å². The van der Waals surface area contributed by atoms with Gasteiger partial charge in [0.25, 0.3) is 11.8 Å². The van der Waals surface area contributed by atoms with Gasteiger partial charge in [0, 0.05) is 18.7 Å². The minimum Gasteiger partial charge on any atom is -0.480 e. The number of hydrogen-bond donors (Lipinski definition) is 0. The number of hydrogen-bond acceptors (Lipinski definition) is 5. The summed E-state index contributed by atoms with van der Waals surface area (Å²) in [6.45, 7) is 3.58. The zero-order chi connectivity index (χ0) is 19.3. The van der Waals surface area contributed by atoms with Gasteiger partial charge in [-0.3, -0.25) is 4.79 Å². The number of nitrogens with zero attached hydrogens (tertiary/aromatic N) is 3. The molecule has 0 spiro atoms. The van der Waals surface area contributed by atoms with Crippen LogP contribution < -0.4 is 4.74 Å². The summed E-state index contributed by atoms with van der Waals surface area (Å²) in [4.78, 5) is 14.7.